The van der Waals surface area contributed by atoms with Gasteiger partial charge in [-0.3, -0.25) is 14.6 Å². The first kappa shape index (κ1) is 34.4. The Balaban J connectivity index is 1.13. The third-order valence-corrected chi connectivity index (χ3v) is 10.5. The molecule has 4 heterocycles. The summed E-state index contributed by atoms with van der Waals surface area (Å²) >= 11 is 0. The number of likely N-dealkylation sites (tertiary alicyclic amines) is 2. The molecule has 2 saturated heterocycles. The van der Waals surface area contributed by atoms with Gasteiger partial charge in [-0.1, -0.05) is 24.3 Å². The minimum Gasteiger partial charge on any atom is -0.480 e. The average molecular weight is 718 g/mol. The molecule has 0 radical (unpaired) electrons. The first-order valence-electron chi connectivity index (χ1n) is 17.8. The Morgan fingerprint density at radius 3 is 2.23 bits per heavy atom. The molecule has 12 heteroatoms. The van der Waals surface area contributed by atoms with Crippen molar-refractivity contribution in [2.24, 2.45) is 0 Å². The SMILES string of the molecule is Cc1c(-c2nc3cc(CN4CCC[C@H]4C(=O)O)c(OC(F)F)cc3o2)cccc1-c1cccc(-c2nc3cc(CN4CCCC4)cc(C#N)c3o2)c1C. The maximum Gasteiger partial charge on any atom is 0.387 e. The summed E-state index contributed by atoms with van der Waals surface area (Å²) in [7, 11) is 0. The van der Waals surface area contributed by atoms with Gasteiger partial charge in [0.25, 0.3) is 0 Å². The van der Waals surface area contributed by atoms with Gasteiger partial charge in [0.2, 0.25) is 11.8 Å². The lowest BCUT2D eigenvalue weighted by Gasteiger charge is -2.22. The zero-order valence-corrected chi connectivity index (χ0v) is 29.4. The standard InChI is InChI=1S/C41H37F2N5O5/c1-23-28(29-9-6-11-31(24(29)2)39-46-33-17-25(21-47-13-3-4-14-47)16-26(20-44)37(33)53-39)8-5-10-30(23)38-45-32-18-27(22-48-15-7-12-34(48)40(49)50)35(52-41(42)43)19-36(32)51-38/h5-6,8-11,16-19,34,41H,3-4,7,12-15,21-22H2,1-2H3,(H,49,50)/t34-/m0/s1. The van der Waals surface area contributed by atoms with Crippen molar-refractivity contribution in [3.05, 3.63) is 88.5 Å². The summed E-state index contributed by atoms with van der Waals surface area (Å²) in [6.07, 6.45) is 3.57. The van der Waals surface area contributed by atoms with Crippen molar-refractivity contribution in [1.82, 2.24) is 19.8 Å². The number of hydrogen-bond donors (Lipinski definition) is 1. The van der Waals surface area contributed by atoms with Gasteiger partial charge in [-0.05, 0) is 117 Å². The van der Waals surface area contributed by atoms with E-state index in [-0.39, 0.29) is 17.9 Å². The summed E-state index contributed by atoms with van der Waals surface area (Å²) in [4.78, 5) is 25.5. The molecule has 0 bridgehead atoms. The predicted octanol–water partition coefficient (Wildman–Crippen LogP) is 8.70. The largest absolute Gasteiger partial charge is 0.480 e. The van der Waals surface area contributed by atoms with Gasteiger partial charge >= 0.3 is 12.6 Å². The van der Waals surface area contributed by atoms with Gasteiger partial charge in [0.05, 0.1) is 5.56 Å². The van der Waals surface area contributed by atoms with Crippen molar-refractivity contribution in [3.8, 4) is 45.9 Å². The van der Waals surface area contributed by atoms with Gasteiger partial charge in [0, 0.05) is 35.8 Å². The van der Waals surface area contributed by atoms with E-state index in [2.05, 4.69) is 11.0 Å². The van der Waals surface area contributed by atoms with Crippen molar-refractivity contribution in [2.75, 3.05) is 19.6 Å². The molecule has 53 heavy (non-hydrogen) atoms. The summed E-state index contributed by atoms with van der Waals surface area (Å²) in [6, 6.07) is 20.3. The number of alkyl halides is 2. The zero-order chi connectivity index (χ0) is 36.8. The molecule has 270 valence electrons. The highest BCUT2D eigenvalue weighted by atomic mass is 19.3. The molecule has 2 aromatic heterocycles. The van der Waals surface area contributed by atoms with E-state index in [1.807, 2.05) is 62.4 Å². The maximum absolute atomic E-state index is 13.5. The maximum atomic E-state index is 13.5. The third-order valence-electron chi connectivity index (χ3n) is 10.5. The van der Waals surface area contributed by atoms with Crippen LogP contribution in [0.25, 0.3) is 56.2 Å². The second-order valence-electron chi connectivity index (χ2n) is 13.9. The van der Waals surface area contributed by atoms with Crippen LogP contribution in [-0.4, -0.2) is 63.1 Å². The number of carbonyl (C=O) groups is 1. The van der Waals surface area contributed by atoms with E-state index in [9.17, 15) is 23.9 Å². The molecule has 1 N–H and O–H groups in total. The first-order valence-corrected chi connectivity index (χ1v) is 17.8. The fourth-order valence-corrected chi connectivity index (χ4v) is 7.85. The van der Waals surface area contributed by atoms with Crippen LogP contribution in [0.5, 0.6) is 5.75 Å². The van der Waals surface area contributed by atoms with Gasteiger partial charge in [-0.25, -0.2) is 9.97 Å². The van der Waals surface area contributed by atoms with Crippen LogP contribution < -0.4 is 4.74 Å². The molecule has 6 aromatic rings. The van der Waals surface area contributed by atoms with Crippen LogP contribution in [0, 0.1) is 25.2 Å². The van der Waals surface area contributed by atoms with Crippen molar-refractivity contribution in [3.63, 3.8) is 0 Å². The number of aliphatic carboxylic acids is 1. The lowest BCUT2D eigenvalue weighted by Crippen LogP contribution is -2.35. The first-order chi connectivity index (χ1) is 25.7. The summed E-state index contributed by atoms with van der Waals surface area (Å²) in [6.45, 7) is 4.45. The topological polar surface area (TPSA) is 129 Å². The molecule has 2 aliphatic rings. The molecule has 2 fully saturated rings. The number of benzene rings is 4. The van der Waals surface area contributed by atoms with Crippen molar-refractivity contribution in [2.45, 2.75) is 65.3 Å². The fraction of sp³-hybridized carbons (Fsp3) is 0.317. The Morgan fingerprint density at radius 1 is 0.906 bits per heavy atom. The lowest BCUT2D eigenvalue weighted by molar-refractivity contribution is -0.142. The van der Waals surface area contributed by atoms with E-state index in [0.29, 0.717) is 58.9 Å². The fourth-order valence-electron chi connectivity index (χ4n) is 7.85. The van der Waals surface area contributed by atoms with Crippen molar-refractivity contribution < 1.29 is 32.3 Å². The molecular formula is C41H37F2N5O5. The molecule has 0 unspecified atom stereocenters. The Morgan fingerprint density at radius 2 is 1.57 bits per heavy atom. The van der Waals surface area contributed by atoms with E-state index < -0.39 is 18.6 Å². The number of nitrogens with zero attached hydrogens (tertiary/aromatic N) is 5. The molecule has 1 atom stereocenters. The summed E-state index contributed by atoms with van der Waals surface area (Å²) in [5, 5.41) is 19.6. The monoisotopic (exact) mass is 717 g/mol. The van der Waals surface area contributed by atoms with E-state index in [1.165, 1.54) is 18.9 Å². The molecule has 0 spiro atoms. The Bertz CT molecular complexity index is 2410. The molecule has 0 amide bonds. The van der Waals surface area contributed by atoms with E-state index in [0.717, 1.165) is 58.6 Å². The number of fused-ring (bicyclic) bond motifs is 2. The number of carboxylic acid groups (broad SMARTS) is 1. The number of aromatic nitrogens is 2. The molecule has 10 nitrogen and oxygen atoms in total. The smallest absolute Gasteiger partial charge is 0.387 e. The highest BCUT2D eigenvalue weighted by Gasteiger charge is 2.31. The molecule has 0 aliphatic carbocycles. The Labute approximate surface area is 304 Å². The van der Waals surface area contributed by atoms with Crippen LogP contribution in [-0.2, 0) is 17.9 Å². The number of halogens is 2. The number of ether oxygens (including phenoxy) is 1. The predicted molar refractivity (Wildman–Crippen MR) is 194 cm³/mol. The molecule has 8 rings (SSSR count). The van der Waals surface area contributed by atoms with Crippen LogP contribution in [0.1, 0.15) is 53.5 Å². The van der Waals surface area contributed by atoms with E-state index in [1.54, 1.807) is 11.0 Å². The molecule has 2 aliphatic heterocycles. The van der Waals surface area contributed by atoms with Crippen molar-refractivity contribution in [1.29, 1.82) is 5.26 Å². The number of nitriles is 1. The normalized spacial score (nSPS) is 16.6. The van der Waals surface area contributed by atoms with Crippen LogP contribution in [0.2, 0.25) is 0 Å². The summed E-state index contributed by atoms with van der Waals surface area (Å²) < 4.78 is 44.3. The van der Waals surface area contributed by atoms with Gasteiger partial charge in [-0.2, -0.15) is 14.0 Å². The number of oxazole rings is 2. The number of carboxylic acids is 1. The Hall–Kier alpha value is -5.64. The second kappa shape index (κ2) is 14.1. The molecule has 0 saturated carbocycles. The van der Waals surface area contributed by atoms with Gasteiger partial charge < -0.3 is 18.7 Å². The Kier molecular flexibility index (Phi) is 9.14. The highest BCUT2D eigenvalue weighted by Crippen LogP contribution is 2.39. The number of hydrogen-bond acceptors (Lipinski definition) is 9. The van der Waals surface area contributed by atoms with Crippen LogP contribution >= 0.6 is 0 Å². The minimum atomic E-state index is -3.07. The zero-order valence-electron chi connectivity index (χ0n) is 29.4. The van der Waals surface area contributed by atoms with E-state index in [4.69, 9.17) is 23.5 Å². The van der Waals surface area contributed by atoms with Gasteiger partial charge in [0.15, 0.2) is 11.2 Å². The quantitative estimate of drug-likeness (QED) is 0.147. The third kappa shape index (κ3) is 6.62. The van der Waals surface area contributed by atoms with Gasteiger partial charge in [-0.15, -0.1) is 0 Å². The highest BCUT2D eigenvalue weighted by molar-refractivity contribution is 5.86. The van der Waals surface area contributed by atoms with Crippen LogP contribution in [0.4, 0.5) is 8.78 Å². The lowest BCUT2D eigenvalue weighted by atomic mass is 9.91. The second-order valence-corrected chi connectivity index (χ2v) is 13.9. The molecule has 4 aromatic carbocycles. The minimum absolute atomic E-state index is 0.0759. The molecular weight excluding hydrogens is 680 g/mol. The average Bonchev–Trinajstić information content (AvgIpc) is 3.96. The van der Waals surface area contributed by atoms with Crippen LogP contribution in [0.3, 0.4) is 0 Å². The number of rotatable bonds is 10. The van der Waals surface area contributed by atoms with Gasteiger partial charge in [0.1, 0.15) is 28.9 Å². The van der Waals surface area contributed by atoms with Crippen LogP contribution in [0.15, 0.2) is 69.5 Å². The summed E-state index contributed by atoms with van der Waals surface area (Å²) in [5.74, 6) is -0.273. The van der Waals surface area contributed by atoms with Crippen molar-refractivity contribution >= 4 is 28.2 Å². The van der Waals surface area contributed by atoms with E-state index >= 15 is 0 Å². The summed E-state index contributed by atoms with van der Waals surface area (Å²) in [5.41, 5.74) is 8.99.